The van der Waals surface area contributed by atoms with Crippen molar-refractivity contribution in [3.8, 4) is 0 Å². The monoisotopic (exact) mass is 259 g/mol. The first-order chi connectivity index (χ1) is 9.01. The van der Waals surface area contributed by atoms with Crippen LogP contribution in [0.1, 0.15) is 44.4 Å². The largest absolute Gasteiger partial charge is 0.377 e. The van der Waals surface area contributed by atoms with E-state index < -0.39 is 0 Å². The first-order valence-corrected chi connectivity index (χ1v) is 7.45. The third-order valence-corrected chi connectivity index (χ3v) is 5.19. The van der Waals surface area contributed by atoms with Gasteiger partial charge < -0.3 is 10.1 Å². The summed E-state index contributed by atoms with van der Waals surface area (Å²) < 4.78 is 5.87. The first-order valence-electron chi connectivity index (χ1n) is 7.45. The summed E-state index contributed by atoms with van der Waals surface area (Å²) in [7, 11) is 0. The van der Waals surface area contributed by atoms with Gasteiger partial charge >= 0.3 is 0 Å². The second kappa shape index (κ2) is 4.60. The van der Waals surface area contributed by atoms with Crippen LogP contribution < -0.4 is 5.32 Å². The average Bonchev–Trinajstić information content (AvgIpc) is 2.83. The maximum atomic E-state index is 5.87. The van der Waals surface area contributed by atoms with Crippen molar-refractivity contribution in [2.45, 2.75) is 52.3 Å². The van der Waals surface area contributed by atoms with Gasteiger partial charge in [-0.2, -0.15) is 0 Å². The summed E-state index contributed by atoms with van der Waals surface area (Å²) in [6, 6.07) is 9.66. The molecule has 1 heterocycles. The molecule has 0 spiro atoms. The van der Waals surface area contributed by atoms with Crippen molar-refractivity contribution in [3.05, 3.63) is 35.4 Å². The zero-order valence-electron chi connectivity index (χ0n) is 12.4. The number of fused-ring (bicyclic) bond motifs is 1. The Balaban J connectivity index is 1.74. The second-order valence-electron chi connectivity index (χ2n) is 6.79. The van der Waals surface area contributed by atoms with Crippen molar-refractivity contribution in [3.63, 3.8) is 0 Å². The van der Waals surface area contributed by atoms with Crippen molar-refractivity contribution in [1.29, 1.82) is 0 Å². The highest BCUT2D eigenvalue weighted by Gasteiger charge is 2.59. The molecule has 1 N–H and O–H groups in total. The molecule has 19 heavy (non-hydrogen) atoms. The summed E-state index contributed by atoms with van der Waals surface area (Å²) in [5, 5.41) is 3.86. The maximum Gasteiger partial charge on any atom is 0.0685 e. The molecule has 1 saturated carbocycles. The van der Waals surface area contributed by atoms with Gasteiger partial charge in [0.15, 0.2) is 0 Å². The number of ether oxygens (including phenoxy) is 1. The summed E-state index contributed by atoms with van der Waals surface area (Å²) in [5.74, 6) is 0.710. The highest BCUT2D eigenvalue weighted by Crippen LogP contribution is 2.52. The first kappa shape index (κ1) is 13.1. The van der Waals surface area contributed by atoms with E-state index in [4.69, 9.17) is 4.74 Å². The van der Waals surface area contributed by atoms with Gasteiger partial charge in [-0.1, -0.05) is 38.1 Å². The lowest BCUT2D eigenvalue weighted by Crippen LogP contribution is -2.66. The highest BCUT2D eigenvalue weighted by molar-refractivity contribution is 5.29. The summed E-state index contributed by atoms with van der Waals surface area (Å²) >= 11 is 0. The molecule has 2 aliphatic rings. The van der Waals surface area contributed by atoms with Crippen molar-refractivity contribution < 1.29 is 4.74 Å². The van der Waals surface area contributed by atoms with E-state index >= 15 is 0 Å². The van der Waals surface area contributed by atoms with Crippen molar-refractivity contribution >= 4 is 0 Å². The fourth-order valence-electron chi connectivity index (χ4n) is 4.09. The molecule has 2 heteroatoms. The fourth-order valence-corrected chi connectivity index (χ4v) is 4.09. The van der Waals surface area contributed by atoms with Crippen LogP contribution in [0.15, 0.2) is 24.3 Å². The predicted molar refractivity (Wildman–Crippen MR) is 78.1 cm³/mol. The highest BCUT2D eigenvalue weighted by atomic mass is 16.5. The fraction of sp³-hybridized carbons (Fsp3) is 0.647. The Morgan fingerprint density at radius 2 is 2.05 bits per heavy atom. The zero-order chi connectivity index (χ0) is 13.6. The van der Waals surface area contributed by atoms with E-state index in [1.54, 1.807) is 0 Å². The van der Waals surface area contributed by atoms with E-state index in [2.05, 4.69) is 57.3 Å². The molecule has 3 rings (SSSR count). The van der Waals surface area contributed by atoms with Crippen LogP contribution in [0.5, 0.6) is 0 Å². The number of benzene rings is 1. The number of rotatable bonds is 3. The molecule has 4 atom stereocenters. The number of hydrogen-bond acceptors (Lipinski definition) is 2. The molecule has 0 bridgehead atoms. The zero-order valence-corrected chi connectivity index (χ0v) is 12.4. The molecule has 1 aliphatic heterocycles. The topological polar surface area (TPSA) is 21.3 Å². The minimum atomic E-state index is 0.262. The molecule has 1 aromatic carbocycles. The maximum absolute atomic E-state index is 5.87. The summed E-state index contributed by atoms with van der Waals surface area (Å²) in [5.41, 5.74) is 3.05. The van der Waals surface area contributed by atoms with E-state index in [0.717, 1.165) is 6.61 Å². The van der Waals surface area contributed by atoms with Crippen LogP contribution in [-0.2, 0) is 4.74 Å². The van der Waals surface area contributed by atoms with Gasteiger partial charge in [0.1, 0.15) is 0 Å². The number of aryl methyl sites for hydroxylation is 1. The lowest BCUT2D eigenvalue weighted by atomic mass is 9.57. The smallest absolute Gasteiger partial charge is 0.0685 e. The Bertz CT molecular complexity index is 468. The lowest BCUT2D eigenvalue weighted by Gasteiger charge is -2.55. The van der Waals surface area contributed by atoms with Gasteiger partial charge in [0.05, 0.1) is 6.10 Å². The molecule has 0 aromatic heterocycles. The van der Waals surface area contributed by atoms with Gasteiger partial charge in [0.25, 0.3) is 0 Å². The normalized spacial score (nSPS) is 33.6. The van der Waals surface area contributed by atoms with Gasteiger partial charge in [-0.3, -0.25) is 0 Å². The molecule has 1 saturated heterocycles. The third-order valence-electron chi connectivity index (χ3n) is 5.19. The minimum absolute atomic E-state index is 0.262. The third kappa shape index (κ3) is 2.02. The molecule has 2 nitrogen and oxygen atoms in total. The quantitative estimate of drug-likeness (QED) is 0.897. The Labute approximate surface area is 116 Å². The summed E-state index contributed by atoms with van der Waals surface area (Å²) in [6.45, 7) is 10.1. The molecule has 104 valence electrons. The standard InChI is InChI=1S/C17H25NO/c1-11-7-5-6-8-13(11)12(2)18-15-14-9-10-19-16(14)17(15,3)4/h5-8,12,14-16,18H,9-10H2,1-4H3/t12-,14?,15?,16?/m0/s1. The molecule has 1 aromatic rings. The van der Waals surface area contributed by atoms with Gasteiger partial charge in [-0.05, 0) is 31.4 Å². The number of nitrogens with one attached hydrogen (secondary N) is 1. The molecule has 1 aliphatic carbocycles. The predicted octanol–water partition coefficient (Wildman–Crippen LogP) is 3.46. The Hall–Kier alpha value is -0.860. The Morgan fingerprint density at radius 3 is 2.79 bits per heavy atom. The molecule has 0 radical (unpaired) electrons. The molecule has 0 amide bonds. The number of hydrogen-bond donors (Lipinski definition) is 1. The van der Waals surface area contributed by atoms with Crippen LogP contribution in [0.2, 0.25) is 0 Å². The minimum Gasteiger partial charge on any atom is -0.377 e. The van der Waals surface area contributed by atoms with Crippen LogP contribution in [0.3, 0.4) is 0 Å². The van der Waals surface area contributed by atoms with Crippen LogP contribution in [-0.4, -0.2) is 18.8 Å². The van der Waals surface area contributed by atoms with Crippen LogP contribution in [0.25, 0.3) is 0 Å². The van der Waals surface area contributed by atoms with Crippen molar-refractivity contribution in [2.75, 3.05) is 6.61 Å². The van der Waals surface area contributed by atoms with Gasteiger partial charge in [-0.15, -0.1) is 0 Å². The molecule has 2 fully saturated rings. The average molecular weight is 259 g/mol. The van der Waals surface area contributed by atoms with Gasteiger partial charge in [-0.25, -0.2) is 0 Å². The van der Waals surface area contributed by atoms with Gasteiger partial charge in [0, 0.05) is 30.0 Å². The van der Waals surface area contributed by atoms with E-state index in [-0.39, 0.29) is 5.41 Å². The Morgan fingerprint density at radius 1 is 1.32 bits per heavy atom. The van der Waals surface area contributed by atoms with Crippen LogP contribution in [0, 0.1) is 18.3 Å². The van der Waals surface area contributed by atoms with E-state index in [1.165, 1.54) is 17.5 Å². The molecule has 3 unspecified atom stereocenters. The lowest BCUT2D eigenvalue weighted by molar-refractivity contribution is -0.115. The molecular formula is C17H25NO. The van der Waals surface area contributed by atoms with E-state index in [1.807, 2.05) is 0 Å². The SMILES string of the molecule is Cc1ccccc1[C@H](C)NC1C2CCOC2C1(C)C. The van der Waals surface area contributed by atoms with Gasteiger partial charge in [0.2, 0.25) is 0 Å². The van der Waals surface area contributed by atoms with E-state index in [0.29, 0.717) is 24.1 Å². The Kier molecular flexibility index (Phi) is 3.18. The van der Waals surface area contributed by atoms with Crippen LogP contribution in [0.4, 0.5) is 0 Å². The van der Waals surface area contributed by atoms with Crippen molar-refractivity contribution in [1.82, 2.24) is 5.32 Å². The second-order valence-corrected chi connectivity index (χ2v) is 6.79. The van der Waals surface area contributed by atoms with Crippen molar-refractivity contribution in [2.24, 2.45) is 11.3 Å². The van der Waals surface area contributed by atoms with E-state index in [9.17, 15) is 0 Å². The summed E-state index contributed by atoms with van der Waals surface area (Å²) in [4.78, 5) is 0. The summed E-state index contributed by atoms with van der Waals surface area (Å²) in [6.07, 6.45) is 1.68. The van der Waals surface area contributed by atoms with Crippen LogP contribution >= 0.6 is 0 Å². The molecular weight excluding hydrogens is 234 g/mol.